The Morgan fingerprint density at radius 2 is 1.59 bits per heavy atom. The lowest BCUT2D eigenvalue weighted by Crippen LogP contribution is -2.49. The quantitative estimate of drug-likeness (QED) is 0.671. The van der Waals surface area contributed by atoms with Crippen LogP contribution < -0.4 is 16.2 Å². The van der Waals surface area contributed by atoms with Crippen LogP contribution in [0.4, 0.5) is 0 Å². The Morgan fingerprint density at radius 3 is 2.50 bits per heavy atom. The summed E-state index contributed by atoms with van der Waals surface area (Å²) in [5, 5.41) is 15.2. The van der Waals surface area contributed by atoms with Gasteiger partial charge < -0.3 is 5.11 Å². The van der Waals surface area contributed by atoms with Crippen LogP contribution in [0.25, 0.3) is 22.4 Å². The molecule has 0 saturated carbocycles. The number of nitrogens with two attached hydrogens (primary N) is 1. The average Bonchev–Trinajstić information content (AvgIpc) is 2.54. The fourth-order valence-corrected chi connectivity index (χ4v) is 3.33. The number of aliphatic hydroxyl groups is 1. The van der Waals surface area contributed by atoms with Crippen molar-refractivity contribution in [3.05, 3.63) is 82.7 Å². The van der Waals surface area contributed by atoms with Crippen molar-refractivity contribution in [1.82, 2.24) is 0 Å². The minimum Gasteiger partial charge on any atom is -0.371 e. The van der Waals surface area contributed by atoms with E-state index in [4.69, 9.17) is 5.73 Å². The molecule has 0 spiro atoms. The summed E-state index contributed by atoms with van der Waals surface area (Å²) in [4.78, 5) is 0. The molecule has 3 aromatic rings. The Balaban J connectivity index is 2.19. The van der Waals surface area contributed by atoms with Crippen LogP contribution in [-0.4, -0.2) is 10.8 Å². The number of rotatable bonds is 1. The molecule has 1 atom stereocenters. The average molecular weight is 287 g/mol. The summed E-state index contributed by atoms with van der Waals surface area (Å²) in [6.07, 6.45) is 2.42. The molecule has 0 bridgehead atoms. The molecule has 2 heteroatoms. The summed E-state index contributed by atoms with van der Waals surface area (Å²) in [7, 11) is 0. The second-order valence-electron chi connectivity index (χ2n) is 5.82. The third-order valence-electron chi connectivity index (χ3n) is 4.36. The molecule has 3 aromatic carbocycles. The fraction of sp³-hybridized carbons (Fsp3) is 0.100. The largest absolute Gasteiger partial charge is 0.371 e. The molecule has 0 aromatic heterocycles. The molecular formula is C20H17NO. The monoisotopic (exact) mass is 287 g/mol. The summed E-state index contributed by atoms with van der Waals surface area (Å²) in [5.74, 6) is 0. The Hall–Kier alpha value is -2.42. The van der Waals surface area contributed by atoms with E-state index < -0.39 is 5.72 Å². The first-order valence-corrected chi connectivity index (χ1v) is 7.46. The molecule has 108 valence electrons. The van der Waals surface area contributed by atoms with E-state index in [-0.39, 0.29) is 0 Å². The molecule has 1 aliphatic rings. The molecular weight excluding hydrogens is 270 g/mol. The normalized spacial score (nSPS) is 20.5. The van der Waals surface area contributed by atoms with Gasteiger partial charge in [-0.05, 0) is 26.8 Å². The predicted octanol–water partition coefficient (Wildman–Crippen LogP) is 1.87. The van der Waals surface area contributed by atoms with Crippen molar-refractivity contribution >= 4 is 22.4 Å². The van der Waals surface area contributed by atoms with Crippen LogP contribution in [0, 0.1) is 0 Å². The van der Waals surface area contributed by atoms with Gasteiger partial charge in [0.15, 0.2) is 0 Å². The van der Waals surface area contributed by atoms with E-state index >= 15 is 0 Å². The number of benzene rings is 3. The van der Waals surface area contributed by atoms with E-state index in [0.29, 0.717) is 6.42 Å². The van der Waals surface area contributed by atoms with Gasteiger partial charge in [0, 0.05) is 12.0 Å². The summed E-state index contributed by atoms with van der Waals surface area (Å²) in [6, 6.07) is 22.4. The van der Waals surface area contributed by atoms with Crippen LogP contribution in [0.1, 0.15) is 12.0 Å². The minimum absolute atomic E-state index is 0.419. The van der Waals surface area contributed by atoms with Crippen LogP contribution >= 0.6 is 0 Å². The molecule has 0 saturated heterocycles. The highest BCUT2D eigenvalue weighted by Gasteiger charge is 2.30. The fourth-order valence-electron chi connectivity index (χ4n) is 3.33. The molecule has 1 aliphatic carbocycles. The van der Waals surface area contributed by atoms with Gasteiger partial charge in [0.1, 0.15) is 5.72 Å². The highest BCUT2D eigenvalue weighted by atomic mass is 16.3. The van der Waals surface area contributed by atoms with Gasteiger partial charge in [0.05, 0.1) is 0 Å². The zero-order chi connectivity index (χ0) is 15.2. The van der Waals surface area contributed by atoms with Gasteiger partial charge in [0.25, 0.3) is 0 Å². The van der Waals surface area contributed by atoms with Gasteiger partial charge in [-0.25, -0.2) is 0 Å². The Morgan fingerprint density at radius 1 is 0.864 bits per heavy atom. The summed E-state index contributed by atoms with van der Waals surface area (Å²) < 4.78 is 0. The van der Waals surface area contributed by atoms with Gasteiger partial charge in [-0.15, -0.1) is 0 Å². The molecule has 22 heavy (non-hydrogen) atoms. The number of hydrogen-bond acceptors (Lipinski definition) is 2. The van der Waals surface area contributed by atoms with Crippen LogP contribution in [0.5, 0.6) is 0 Å². The number of fused-ring (bicyclic) bond motifs is 2. The molecule has 4 rings (SSSR count). The van der Waals surface area contributed by atoms with Crippen LogP contribution in [0.3, 0.4) is 0 Å². The Bertz CT molecular complexity index is 981. The Labute approximate surface area is 128 Å². The van der Waals surface area contributed by atoms with Gasteiger partial charge >= 0.3 is 0 Å². The standard InChI is InChI=1S/C20H17NO/c21-20(22)13-12-15-7-2-4-10-17(15)19(20)18-11-5-8-14-6-1-3-9-16(14)18/h1-12,22H,13,21H2/t20-/m0/s1. The number of hydrogen-bond donors (Lipinski definition) is 2. The maximum atomic E-state index is 10.8. The lowest BCUT2D eigenvalue weighted by Gasteiger charge is -2.29. The summed E-state index contributed by atoms with van der Waals surface area (Å²) >= 11 is 0. The van der Waals surface area contributed by atoms with Crippen molar-refractivity contribution in [2.24, 2.45) is 5.73 Å². The molecule has 0 aliphatic heterocycles. The van der Waals surface area contributed by atoms with E-state index in [1.54, 1.807) is 0 Å². The maximum absolute atomic E-state index is 10.8. The van der Waals surface area contributed by atoms with Gasteiger partial charge in [-0.3, -0.25) is 5.73 Å². The third-order valence-corrected chi connectivity index (χ3v) is 4.36. The van der Waals surface area contributed by atoms with Gasteiger partial charge in [-0.2, -0.15) is 0 Å². The van der Waals surface area contributed by atoms with Crippen LogP contribution in [0.2, 0.25) is 0 Å². The lowest BCUT2D eigenvalue weighted by molar-refractivity contribution is 0.115. The van der Waals surface area contributed by atoms with E-state index in [9.17, 15) is 5.11 Å². The van der Waals surface area contributed by atoms with Crippen molar-refractivity contribution in [2.45, 2.75) is 12.1 Å². The van der Waals surface area contributed by atoms with Crippen molar-refractivity contribution in [1.29, 1.82) is 0 Å². The Kier molecular flexibility index (Phi) is 2.89. The SMILES string of the molecule is N[C@]1(O)CC=c2ccccc2=C1c1cccc2ccccc12. The molecule has 0 amide bonds. The highest BCUT2D eigenvalue weighted by Crippen LogP contribution is 2.30. The zero-order valence-corrected chi connectivity index (χ0v) is 12.2. The van der Waals surface area contributed by atoms with Crippen LogP contribution in [-0.2, 0) is 0 Å². The minimum atomic E-state index is -1.35. The first-order valence-electron chi connectivity index (χ1n) is 7.46. The highest BCUT2D eigenvalue weighted by molar-refractivity contribution is 5.95. The topological polar surface area (TPSA) is 46.2 Å². The first-order chi connectivity index (χ1) is 10.7. The van der Waals surface area contributed by atoms with E-state index in [2.05, 4.69) is 24.3 Å². The van der Waals surface area contributed by atoms with Crippen molar-refractivity contribution in [3.8, 4) is 0 Å². The van der Waals surface area contributed by atoms with Gasteiger partial charge in [-0.1, -0.05) is 72.8 Å². The lowest BCUT2D eigenvalue weighted by atomic mass is 9.85. The van der Waals surface area contributed by atoms with Crippen molar-refractivity contribution < 1.29 is 5.11 Å². The molecule has 2 nitrogen and oxygen atoms in total. The molecule has 3 N–H and O–H groups in total. The maximum Gasteiger partial charge on any atom is 0.144 e. The van der Waals surface area contributed by atoms with E-state index in [1.807, 2.05) is 48.5 Å². The van der Waals surface area contributed by atoms with E-state index in [0.717, 1.165) is 32.3 Å². The predicted molar refractivity (Wildman–Crippen MR) is 90.4 cm³/mol. The molecule has 0 radical (unpaired) electrons. The summed E-state index contributed by atoms with van der Waals surface area (Å²) in [6.45, 7) is 0. The molecule has 0 fully saturated rings. The first kappa shape index (κ1) is 13.3. The second-order valence-corrected chi connectivity index (χ2v) is 5.82. The van der Waals surface area contributed by atoms with Crippen molar-refractivity contribution in [3.63, 3.8) is 0 Å². The summed E-state index contributed by atoms with van der Waals surface area (Å²) in [5.41, 5.74) is 6.71. The smallest absolute Gasteiger partial charge is 0.144 e. The van der Waals surface area contributed by atoms with E-state index in [1.165, 1.54) is 0 Å². The molecule has 0 unspecified atom stereocenters. The third kappa shape index (κ3) is 1.97. The second kappa shape index (κ2) is 4.80. The zero-order valence-electron chi connectivity index (χ0n) is 12.2. The van der Waals surface area contributed by atoms with Crippen LogP contribution in [0.15, 0.2) is 66.7 Å². The molecule has 0 heterocycles. The van der Waals surface area contributed by atoms with Crippen molar-refractivity contribution in [2.75, 3.05) is 0 Å². The van der Waals surface area contributed by atoms with Gasteiger partial charge in [0.2, 0.25) is 0 Å².